The molecule has 0 unspecified atom stereocenters. The zero-order valence-corrected chi connectivity index (χ0v) is 13.7. The minimum Gasteiger partial charge on any atom is -0.310 e. The highest BCUT2D eigenvalue weighted by molar-refractivity contribution is 7.99. The van der Waals surface area contributed by atoms with Gasteiger partial charge in [0, 0.05) is 24.2 Å². The predicted octanol–water partition coefficient (Wildman–Crippen LogP) is 3.02. The Balaban J connectivity index is 2.09. The van der Waals surface area contributed by atoms with Crippen LogP contribution in [0.15, 0.2) is 28.2 Å². The molecule has 24 heavy (non-hydrogen) atoms. The first-order chi connectivity index (χ1) is 11.5. The molecule has 8 heteroatoms. The van der Waals surface area contributed by atoms with Crippen molar-refractivity contribution in [2.75, 3.05) is 11.1 Å². The van der Waals surface area contributed by atoms with E-state index in [0.29, 0.717) is 5.16 Å². The summed E-state index contributed by atoms with van der Waals surface area (Å²) in [5, 5.41) is 2.97. The van der Waals surface area contributed by atoms with Gasteiger partial charge in [-0.05, 0) is 18.1 Å². The van der Waals surface area contributed by atoms with E-state index in [9.17, 15) is 18.4 Å². The van der Waals surface area contributed by atoms with Gasteiger partial charge in [-0.15, -0.1) is 0 Å². The summed E-state index contributed by atoms with van der Waals surface area (Å²) < 4.78 is 27.3. The number of benzene rings is 1. The number of halogens is 2. The number of carbonyl (C=O) groups is 1. The number of carbonyl (C=O) groups excluding carboxylic acids is 1. The molecule has 0 radical (unpaired) electrons. The first-order valence-electron chi connectivity index (χ1n) is 7.51. The Morgan fingerprint density at radius 2 is 2.12 bits per heavy atom. The lowest BCUT2D eigenvalue weighted by molar-refractivity contribution is -0.116. The number of hydrogen-bond donors (Lipinski definition) is 2. The summed E-state index contributed by atoms with van der Waals surface area (Å²) >= 11 is 1.37. The molecule has 0 saturated carbocycles. The molecule has 0 bridgehead atoms. The Kier molecular flexibility index (Phi) is 4.66. The molecule has 0 spiro atoms. The second-order valence-electron chi connectivity index (χ2n) is 5.45. The van der Waals surface area contributed by atoms with Crippen LogP contribution in [-0.2, 0) is 4.79 Å². The highest BCUT2D eigenvalue weighted by atomic mass is 32.2. The van der Waals surface area contributed by atoms with Gasteiger partial charge in [0.2, 0.25) is 5.91 Å². The van der Waals surface area contributed by atoms with Crippen LogP contribution in [0.4, 0.5) is 14.6 Å². The smallest absolute Gasteiger partial charge is 0.257 e. The minimum absolute atomic E-state index is 0.0955. The van der Waals surface area contributed by atoms with E-state index in [4.69, 9.17) is 0 Å². The number of aromatic amines is 1. The maximum Gasteiger partial charge on any atom is 0.257 e. The van der Waals surface area contributed by atoms with Crippen molar-refractivity contribution in [2.45, 2.75) is 30.8 Å². The fraction of sp³-hybridized carbons (Fsp3) is 0.312. The summed E-state index contributed by atoms with van der Waals surface area (Å²) in [7, 11) is 0. The van der Waals surface area contributed by atoms with Crippen molar-refractivity contribution in [2.24, 2.45) is 0 Å². The molecule has 2 aromatic rings. The molecule has 1 atom stereocenters. The molecule has 3 rings (SSSR count). The second kappa shape index (κ2) is 6.72. The van der Waals surface area contributed by atoms with Crippen molar-refractivity contribution in [3.05, 3.63) is 51.3 Å². The summed E-state index contributed by atoms with van der Waals surface area (Å²) in [4.78, 5) is 31.3. The first kappa shape index (κ1) is 16.6. The van der Waals surface area contributed by atoms with E-state index in [-0.39, 0.29) is 29.3 Å². The third-order valence-electron chi connectivity index (χ3n) is 3.71. The highest BCUT2D eigenvalue weighted by Gasteiger charge is 2.32. The molecule has 0 saturated heterocycles. The second-order valence-corrected chi connectivity index (χ2v) is 6.54. The van der Waals surface area contributed by atoms with Crippen LogP contribution in [0.25, 0.3) is 0 Å². The van der Waals surface area contributed by atoms with Crippen molar-refractivity contribution in [1.82, 2.24) is 9.97 Å². The van der Waals surface area contributed by atoms with Crippen LogP contribution in [0, 0.1) is 11.6 Å². The van der Waals surface area contributed by atoms with Crippen LogP contribution in [0.5, 0.6) is 0 Å². The summed E-state index contributed by atoms with van der Waals surface area (Å²) in [5.74, 6) is -1.75. The number of aromatic nitrogens is 2. The van der Waals surface area contributed by atoms with Gasteiger partial charge in [-0.25, -0.2) is 13.8 Å². The van der Waals surface area contributed by atoms with Gasteiger partial charge >= 0.3 is 0 Å². The number of nitrogens with one attached hydrogen (secondary N) is 2. The highest BCUT2D eigenvalue weighted by Crippen LogP contribution is 2.35. The Morgan fingerprint density at radius 3 is 2.83 bits per heavy atom. The fourth-order valence-corrected chi connectivity index (χ4v) is 3.39. The molecule has 1 aliphatic heterocycles. The van der Waals surface area contributed by atoms with Gasteiger partial charge in [0.15, 0.2) is 5.16 Å². The van der Waals surface area contributed by atoms with E-state index >= 15 is 0 Å². The van der Waals surface area contributed by atoms with Crippen molar-refractivity contribution in [1.29, 1.82) is 0 Å². The number of amides is 1. The maximum atomic E-state index is 14.1. The number of anilines is 1. The van der Waals surface area contributed by atoms with Gasteiger partial charge in [0.1, 0.15) is 17.5 Å². The Bertz CT molecular complexity index is 854. The number of thioether (sulfide) groups is 1. The lowest BCUT2D eigenvalue weighted by Crippen LogP contribution is -2.31. The molecule has 126 valence electrons. The quantitative estimate of drug-likeness (QED) is 0.656. The molecule has 1 aliphatic rings. The van der Waals surface area contributed by atoms with Gasteiger partial charge in [0.25, 0.3) is 5.56 Å². The monoisotopic (exact) mass is 351 g/mol. The van der Waals surface area contributed by atoms with Crippen LogP contribution in [0.3, 0.4) is 0 Å². The zero-order chi connectivity index (χ0) is 17.3. The standard InChI is InChI=1S/C16H15F2N3O2S/c1-2-5-24-16-20-14-13(15(23)21-16)10(7-12(22)19-14)9-4-3-8(17)6-11(9)18/h3-4,6,10H,2,5,7H2,1H3,(H2,19,20,21,22,23)/t10-/m0/s1. The van der Waals surface area contributed by atoms with Crippen LogP contribution in [0.1, 0.15) is 36.8 Å². The van der Waals surface area contributed by atoms with Gasteiger partial charge in [-0.1, -0.05) is 24.8 Å². The SMILES string of the molecule is CCCSc1nc2c(c(=O)[nH]1)[C@H](c1ccc(F)cc1F)CC(=O)N2. The maximum absolute atomic E-state index is 14.1. The van der Waals surface area contributed by atoms with Crippen molar-refractivity contribution >= 4 is 23.5 Å². The number of rotatable bonds is 4. The molecule has 1 aromatic carbocycles. The summed E-state index contributed by atoms with van der Waals surface area (Å²) in [5.41, 5.74) is -0.123. The van der Waals surface area contributed by atoms with Gasteiger partial charge in [-0.2, -0.15) is 0 Å². The summed E-state index contributed by atoms with van der Waals surface area (Å²) in [6, 6.07) is 3.11. The molecule has 1 amide bonds. The van der Waals surface area contributed by atoms with Crippen LogP contribution in [0.2, 0.25) is 0 Å². The van der Waals surface area contributed by atoms with Gasteiger partial charge in [-0.3, -0.25) is 9.59 Å². The van der Waals surface area contributed by atoms with Crippen LogP contribution in [-0.4, -0.2) is 21.6 Å². The number of fused-ring (bicyclic) bond motifs is 1. The fourth-order valence-electron chi connectivity index (χ4n) is 2.67. The van der Waals surface area contributed by atoms with Gasteiger partial charge < -0.3 is 10.3 Å². The largest absolute Gasteiger partial charge is 0.310 e. The first-order valence-corrected chi connectivity index (χ1v) is 8.50. The molecule has 0 aliphatic carbocycles. The van der Waals surface area contributed by atoms with Crippen molar-refractivity contribution in [3.63, 3.8) is 0 Å². The van der Waals surface area contributed by atoms with E-state index in [1.807, 2.05) is 6.92 Å². The zero-order valence-electron chi connectivity index (χ0n) is 12.9. The average molecular weight is 351 g/mol. The summed E-state index contributed by atoms with van der Waals surface area (Å²) in [6.45, 7) is 2.00. The molecular formula is C16H15F2N3O2S. The number of nitrogens with zero attached hydrogens (tertiary/aromatic N) is 1. The molecule has 2 heterocycles. The molecular weight excluding hydrogens is 336 g/mol. The average Bonchev–Trinajstić information content (AvgIpc) is 2.51. The Hall–Kier alpha value is -2.22. The van der Waals surface area contributed by atoms with Crippen molar-refractivity contribution < 1.29 is 13.6 Å². The van der Waals surface area contributed by atoms with Crippen LogP contribution < -0.4 is 10.9 Å². The Morgan fingerprint density at radius 1 is 1.33 bits per heavy atom. The van der Waals surface area contributed by atoms with E-state index in [1.54, 1.807) is 0 Å². The van der Waals surface area contributed by atoms with Crippen LogP contribution >= 0.6 is 11.8 Å². The van der Waals surface area contributed by atoms with E-state index < -0.39 is 23.1 Å². The number of hydrogen-bond acceptors (Lipinski definition) is 4. The topological polar surface area (TPSA) is 74.8 Å². The normalized spacial score (nSPS) is 16.6. The lowest BCUT2D eigenvalue weighted by Gasteiger charge is -2.24. The molecule has 2 N–H and O–H groups in total. The van der Waals surface area contributed by atoms with E-state index in [0.717, 1.165) is 24.3 Å². The van der Waals surface area contributed by atoms with E-state index in [2.05, 4.69) is 15.3 Å². The third-order valence-corrected chi connectivity index (χ3v) is 4.79. The van der Waals surface area contributed by atoms with Gasteiger partial charge in [0.05, 0.1) is 5.56 Å². The van der Waals surface area contributed by atoms with E-state index in [1.165, 1.54) is 17.8 Å². The number of H-pyrrole nitrogens is 1. The molecule has 1 aromatic heterocycles. The van der Waals surface area contributed by atoms with Crippen molar-refractivity contribution in [3.8, 4) is 0 Å². The lowest BCUT2D eigenvalue weighted by atomic mass is 9.86. The summed E-state index contributed by atoms with van der Waals surface area (Å²) in [6.07, 6.45) is 0.809. The Labute approximate surface area is 140 Å². The molecule has 0 fully saturated rings. The third kappa shape index (κ3) is 3.19. The predicted molar refractivity (Wildman–Crippen MR) is 87.3 cm³/mol. The molecule has 5 nitrogen and oxygen atoms in total. The minimum atomic E-state index is -0.796.